The average Bonchev–Trinajstić information content (AvgIpc) is 3.18. The standard InChI is InChI=1S/C17H15F2N3O2/c1-9-3-6-16(24-9)14-8-15(22-21-14)17(23)20-10(2)11-4-5-12(18)13(19)7-11/h3-8,10H,1-2H3,(H,20,23)(H,21,22). The fraction of sp³-hybridized carbons (Fsp3) is 0.176. The molecule has 0 aliphatic rings. The summed E-state index contributed by atoms with van der Waals surface area (Å²) in [5.41, 5.74) is 1.21. The van der Waals surface area contributed by atoms with Crippen molar-refractivity contribution in [1.29, 1.82) is 0 Å². The van der Waals surface area contributed by atoms with Crippen molar-refractivity contribution >= 4 is 5.91 Å². The Morgan fingerprint density at radius 1 is 1.21 bits per heavy atom. The quantitative estimate of drug-likeness (QED) is 0.765. The van der Waals surface area contributed by atoms with Gasteiger partial charge in [0.15, 0.2) is 23.1 Å². The van der Waals surface area contributed by atoms with Gasteiger partial charge >= 0.3 is 0 Å². The van der Waals surface area contributed by atoms with E-state index >= 15 is 0 Å². The third kappa shape index (κ3) is 3.19. The fourth-order valence-corrected chi connectivity index (χ4v) is 2.28. The molecule has 0 bridgehead atoms. The minimum atomic E-state index is -0.955. The van der Waals surface area contributed by atoms with Crippen LogP contribution in [0, 0.1) is 18.6 Å². The van der Waals surface area contributed by atoms with Crippen molar-refractivity contribution in [2.45, 2.75) is 19.9 Å². The van der Waals surface area contributed by atoms with E-state index in [2.05, 4.69) is 15.5 Å². The van der Waals surface area contributed by atoms with Crippen LogP contribution in [0.5, 0.6) is 0 Å². The number of aromatic amines is 1. The lowest BCUT2D eigenvalue weighted by atomic mass is 10.1. The Bertz CT molecular complexity index is 886. The van der Waals surface area contributed by atoms with Gasteiger partial charge in [0.1, 0.15) is 11.5 Å². The third-order valence-electron chi connectivity index (χ3n) is 3.61. The molecule has 2 N–H and O–H groups in total. The molecule has 1 aromatic carbocycles. The van der Waals surface area contributed by atoms with Crippen molar-refractivity contribution in [3.63, 3.8) is 0 Å². The lowest BCUT2D eigenvalue weighted by Crippen LogP contribution is -2.27. The highest BCUT2D eigenvalue weighted by molar-refractivity contribution is 5.93. The van der Waals surface area contributed by atoms with Crippen LogP contribution in [-0.4, -0.2) is 16.1 Å². The molecule has 0 saturated heterocycles. The Balaban J connectivity index is 1.72. The minimum absolute atomic E-state index is 0.175. The Morgan fingerprint density at radius 3 is 2.67 bits per heavy atom. The van der Waals surface area contributed by atoms with Gasteiger partial charge in [-0.15, -0.1) is 0 Å². The number of hydrogen-bond donors (Lipinski definition) is 2. The molecule has 0 radical (unpaired) electrons. The van der Waals surface area contributed by atoms with E-state index in [1.54, 1.807) is 25.1 Å². The summed E-state index contributed by atoms with van der Waals surface area (Å²) in [5, 5.41) is 9.37. The first-order valence-electron chi connectivity index (χ1n) is 7.32. The summed E-state index contributed by atoms with van der Waals surface area (Å²) in [6.45, 7) is 3.49. The molecule has 0 aliphatic heterocycles. The molecule has 0 saturated carbocycles. The topological polar surface area (TPSA) is 70.9 Å². The van der Waals surface area contributed by atoms with Gasteiger partial charge in [-0.25, -0.2) is 8.78 Å². The predicted octanol–water partition coefficient (Wildman–Crippen LogP) is 3.75. The molecule has 1 amide bonds. The van der Waals surface area contributed by atoms with Crippen molar-refractivity contribution in [2.24, 2.45) is 0 Å². The maximum atomic E-state index is 13.3. The van der Waals surface area contributed by atoms with Crippen LogP contribution in [0.25, 0.3) is 11.5 Å². The summed E-state index contributed by atoms with van der Waals surface area (Å²) in [4.78, 5) is 12.2. The van der Waals surface area contributed by atoms with Gasteiger partial charge in [-0.1, -0.05) is 6.07 Å². The number of halogens is 2. The van der Waals surface area contributed by atoms with Crippen molar-refractivity contribution in [3.8, 4) is 11.5 Å². The van der Waals surface area contributed by atoms with Crippen molar-refractivity contribution in [3.05, 3.63) is 65.1 Å². The van der Waals surface area contributed by atoms with E-state index in [0.717, 1.165) is 17.9 Å². The highest BCUT2D eigenvalue weighted by atomic mass is 19.2. The molecule has 1 unspecified atom stereocenters. The molecule has 24 heavy (non-hydrogen) atoms. The van der Waals surface area contributed by atoms with E-state index < -0.39 is 23.6 Å². The van der Waals surface area contributed by atoms with Crippen molar-refractivity contribution < 1.29 is 18.0 Å². The van der Waals surface area contributed by atoms with Gasteiger partial charge < -0.3 is 9.73 Å². The molecule has 3 rings (SSSR count). The zero-order valence-electron chi connectivity index (χ0n) is 13.1. The smallest absolute Gasteiger partial charge is 0.272 e. The molecule has 0 spiro atoms. The zero-order chi connectivity index (χ0) is 17.3. The maximum Gasteiger partial charge on any atom is 0.272 e. The second-order valence-electron chi connectivity index (χ2n) is 5.45. The number of amides is 1. The first kappa shape index (κ1) is 15.9. The molecule has 7 heteroatoms. The molecule has 2 heterocycles. The number of aromatic nitrogens is 2. The highest BCUT2D eigenvalue weighted by Gasteiger charge is 2.17. The SMILES string of the molecule is Cc1ccc(-c2cc(C(=O)NC(C)c3ccc(F)c(F)c3)n[nH]2)o1. The molecular formula is C17H15F2N3O2. The average molecular weight is 331 g/mol. The van der Waals surface area contributed by atoms with Crippen LogP contribution in [0.3, 0.4) is 0 Å². The number of furan rings is 1. The lowest BCUT2D eigenvalue weighted by Gasteiger charge is -2.13. The van der Waals surface area contributed by atoms with Crippen molar-refractivity contribution in [2.75, 3.05) is 0 Å². The first-order valence-corrected chi connectivity index (χ1v) is 7.32. The number of carbonyl (C=O) groups excluding carboxylic acids is 1. The number of nitrogens with one attached hydrogen (secondary N) is 2. The van der Waals surface area contributed by atoms with E-state index in [4.69, 9.17) is 4.42 Å². The lowest BCUT2D eigenvalue weighted by molar-refractivity contribution is 0.0934. The van der Waals surface area contributed by atoms with Crippen LogP contribution < -0.4 is 5.32 Å². The number of rotatable bonds is 4. The largest absolute Gasteiger partial charge is 0.460 e. The number of hydrogen-bond acceptors (Lipinski definition) is 3. The Morgan fingerprint density at radius 2 is 2.00 bits per heavy atom. The molecule has 124 valence electrons. The zero-order valence-corrected chi connectivity index (χ0v) is 13.1. The number of carbonyl (C=O) groups is 1. The first-order chi connectivity index (χ1) is 11.4. The summed E-state index contributed by atoms with van der Waals surface area (Å²) in [6.07, 6.45) is 0. The van der Waals surface area contributed by atoms with Gasteiger partial charge in [0.25, 0.3) is 5.91 Å². The van der Waals surface area contributed by atoms with Gasteiger partial charge in [0, 0.05) is 6.07 Å². The second kappa shape index (κ2) is 6.27. The van der Waals surface area contributed by atoms with Crippen LogP contribution in [0.15, 0.2) is 40.8 Å². The van der Waals surface area contributed by atoms with Crippen LogP contribution in [0.1, 0.15) is 34.8 Å². The second-order valence-corrected chi connectivity index (χ2v) is 5.45. The Kier molecular flexibility index (Phi) is 4.16. The monoisotopic (exact) mass is 331 g/mol. The summed E-state index contributed by atoms with van der Waals surface area (Å²) < 4.78 is 31.7. The van der Waals surface area contributed by atoms with Gasteiger partial charge in [0.2, 0.25) is 0 Å². The van der Waals surface area contributed by atoms with E-state index in [-0.39, 0.29) is 5.69 Å². The van der Waals surface area contributed by atoms with Crippen molar-refractivity contribution in [1.82, 2.24) is 15.5 Å². The number of H-pyrrole nitrogens is 1. The third-order valence-corrected chi connectivity index (χ3v) is 3.61. The van der Waals surface area contributed by atoms with Crippen LogP contribution in [0.2, 0.25) is 0 Å². The Labute approximate surface area is 136 Å². The number of benzene rings is 1. The highest BCUT2D eigenvalue weighted by Crippen LogP contribution is 2.21. The molecule has 3 aromatic rings. The van der Waals surface area contributed by atoms with E-state index in [9.17, 15) is 13.6 Å². The summed E-state index contributed by atoms with van der Waals surface area (Å²) in [6, 6.07) is 8.14. The van der Waals surface area contributed by atoms with E-state index in [0.29, 0.717) is 17.0 Å². The van der Waals surface area contributed by atoms with E-state index in [1.807, 2.05) is 6.92 Å². The molecular weight excluding hydrogens is 316 g/mol. The molecule has 0 aliphatic carbocycles. The van der Waals surface area contributed by atoms with Crippen LogP contribution in [0.4, 0.5) is 8.78 Å². The molecule has 1 atom stereocenters. The van der Waals surface area contributed by atoms with Crippen LogP contribution >= 0.6 is 0 Å². The fourth-order valence-electron chi connectivity index (χ4n) is 2.28. The van der Waals surface area contributed by atoms with Crippen LogP contribution in [-0.2, 0) is 0 Å². The molecule has 0 fully saturated rings. The maximum absolute atomic E-state index is 13.3. The van der Waals surface area contributed by atoms with Gasteiger partial charge in [-0.05, 0) is 43.7 Å². The summed E-state index contributed by atoms with van der Waals surface area (Å²) in [5.74, 6) is -0.991. The summed E-state index contributed by atoms with van der Waals surface area (Å²) >= 11 is 0. The Hall–Kier alpha value is -2.96. The number of nitrogens with zero attached hydrogens (tertiary/aromatic N) is 1. The van der Waals surface area contributed by atoms with Gasteiger partial charge in [-0.3, -0.25) is 9.89 Å². The molecule has 2 aromatic heterocycles. The minimum Gasteiger partial charge on any atom is -0.460 e. The normalized spacial score (nSPS) is 12.2. The van der Waals surface area contributed by atoms with Gasteiger partial charge in [0.05, 0.1) is 6.04 Å². The molecule has 5 nitrogen and oxygen atoms in total. The summed E-state index contributed by atoms with van der Waals surface area (Å²) in [7, 11) is 0. The van der Waals surface area contributed by atoms with Gasteiger partial charge in [-0.2, -0.15) is 5.10 Å². The number of aryl methyl sites for hydroxylation is 1. The predicted molar refractivity (Wildman–Crippen MR) is 83.3 cm³/mol. The van der Waals surface area contributed by atoms with E-state index in [1.165, 1.54) is 6.07 Å².